The Bertz CT molecular complexity index is 705. The first-order valence-corrected chi connectivity index (χ1v) is 7.24. The Morgan fingerprint density at radius 2 is 1.83 bits per heavy atom. The van der Waals surface area contributed by atoms with E-state index in [2.05, 4.69) is 6.58 Å². The lowest BCUT2D eigenvalue weighted by Crippen LogP contribution is -2.12. The highest BCUT2D eigenvalue weighted by atomic mass is 16.6. The van der Waals surface area contributed by atoms with E-state index in [1.165, 1.54) is 0 Å². The lowest BCUT2D eigenvalue weighted by molar-refractivity contribution is -0.138. The van der Waals surface area contributed by atoms with Gasteiger partial charge in [0, 0.05) is 11.6 Å². The summed E-state index contributed by atoms with van der Waals surface area (Å²) in [5.41, 5.74) is 2.06. The first-order chi connectivity index (χ1) is 11.1. The molecule has 0 spiro atoms. The molecular weight excluding hydrogens is 292 g/mol. The number of aryl methyl sites for hydroxylation is 1. The van der Waals surface area contributed by atoms with Crippen molar-refractivity contribution >= 4 is 11.8 Å². The smallest absolute Gasteiger partial charge is 0.330 e. The third kappa shape index (κ3) is 4.54. The van der Waals surface area contributed by atoms with Gasteiger partial charge in [0.15, 0.2) is 5.78 Å². The molecule has 0 atom stereocenters. The summed E-state index contributed by atoms with van der Waals surface area (Å²) in [5.74, 6) is -0.129. The van der Waals surface area contributed by atoms with Crippen molar-refractivity contribution in [2.24, 2.45) is 0 Å². The summed E-state index contributed by atoms with van der Waals surface area (Å²) in [7, 11) is 0. The molecule has 2 rings (SSSR count). The van der Waals surface area contributed by atoms with Crippen LogP contribution in [0, 0.1) is 6.92 Å². The van der Waals surface area contributed by atoms with Crippen molar-refractivity contribution in [1.29, 1.82) is 0 Å². The summed E-state index contributed by atoms with van der Waals surface area (Å²) in [4.78, 5) is 23.6. The van der Waals surface area contributed by atoms with Gasteiger partial charge in [-0.1, -0.05) is 43.0 Å². The molecule has 4 heteroatoms. The molecule has 0 bridgehead atoms. The molecule has 0 unspecified atom stereocenters. The minimum atomic E-state index is -0.501. The monoisotopic (exact) mass is 310 g/mol. The molecule has 0 radical (unpaired) electrons. The van der Waals surface area contributed by atoms with Gasteiger partial charge in [0.2, 0.25) is 0 Å². The predicted molar refractivity (Wildman–Crippen MR) is 87.7 cm³/mol. The van der Waals surface area contributed by atoms with Crippen LogP contribution in [0.3, 0.4) is 0 Å². The van der Waals surface area contributed by atoms with Crippen molar-refractivity contribution in [2.45, 2.75) is 6.92 Å². The van der Waals surface area contributed by atoms with Gasteiger partial charge in [0.1, 0.15) is 19.0 Å². The van der Waals surface area contributed by atoms with Crippen molar-refractivity contribution in [3.8, 4) is 5.75 Å². The summed E-state index contributed by atoms with van der Waals surface area (Å²) >= 11 is 0. The van der Waals surface area contributed by atoms with E-state index in [1.54, 1.807) is 24.3 Å². The molecule has 2 aromatic carbocycles. The van der Waals surface area contributed by atoms with Crippen LogP contribution in [0.2, 0.25) is 0 Å². The number of rotatable bonds is 7. The van der Waals surface area contributed by atoms with Crippen LogP contribution < -0.4 is 4.74 Å². The van der Waals surface area contributed by atoms with Crippen molar-refractivity contribution < 1.29 is 19.1 Å². The van der Waals surface area contributed by atoms with E-state index >= 15 is 0 Å². The van der Waals surface area contributed by atoms with Crippen LogP contribution in [0.5, 0.6) is 5.75 Å². The van der Waals surface area contributed by atoms with E-state index in [9.17, 15) is 9.59 Å². The molecule has 0 saturated carbocycles. The third-order valence-corrected chi connectivity index (χ3v) is 3.17. The van der Waals surface area contributed by atoms with Gasteiger partial charge in [-0.15, -0.1) is 0 Å². The molecule has 0 fully saturated rings. The molecule has 23 heavy (non-hydrogen) atoms. The predicted octanol–water partition coefficient (Wildman–Crippen LogP) is 3.33. The molecule has 0 aromatic heterocycles. The van der Waals surface area contributed by atoms with Crippen molar-refractivity contribution in [2.75, 3.05) is 13.2 Å². The van der Waals surface area contributed by atoms with E-state index in [1.807, 2.05) is 31.2 Å². The first kappa shape index (κ1) is 16.5. The average molecular weight is 310 g/mol. The number of hydrogen-bond donors (Lipinski definition) is 0. The summed E-state index contributed by atoms with van der Waals surface area (Å²) in [6, 6.07) is 14.4. The number of benzene rings is 2. The van der Waals surface area contributed by atoms with Crippen LogP contribution in [0.4, 0.5) is 0 Å². The molecule has 0 aliphatic carbocycles. The lowest BCUT2D eigenvalue weighted by Gasteiger charge is -2.12. The Morgan fingerprint density at radius 1 is 1.09 bits per heavy atom. The standard InChI is InChI=1S/C19H18O4/c1-3-18(20)23-12-11-22-17-13-14(2)9-10-16(17)19(21)15-7-5-4-6-8-15/h3-10,13H,1,11-12H2,2H3. The number of ketones is 1. The number of hydrogen-bond acceptors (Lipinski definition) is 4. The Hall–Kier alpha value is -2.88. The zero-order valence-corrected chi connectivity index (χ0v) is 13.0. The fraction of sp³-hybridized carbons (Fsp3) is 0.158. The van der Waals surface area contributed by atoms with Gasteiger partial charge in [0.05, 0.1) is 5.56 Å². The summed E-state index contributed by atoms with van der Waals surface area (Å²) in [6.45, 7) is 5.50. The van der Waals surface area contributed by atoms with Gasteiger partial charge in [0.25, 0.3) is 0 Å². The van der Waals surface area contributed by atoms with Gasteiger partial charge in [-0.2, -0.15) is 0 Å². The Labute approximate surface area is 135 Å². The van der Waals surface area contributed by atoms with Crippen molar-refractivity contribution in [3.63, 3.8) is 0 Å². The Kier molecular flexibility index (Phi) is 5.69. The van der Waals surface area contributed by atoms with Crippen LogP contribution in [-0.2, 0) is 9.53 Å². The Morgan fingerprint density at radius 3 is 2.52 bits per heavy atom. The maximum atomic E-state index is 12.6. The largest absolute Gasteiger partial charge is 0.489 e. The van der Waals surface area contributed by atoms with Crippen LogP contribution in [-0.4, -0.2) is 25.0 Å². The molecule has 0 aliphatic heterocycles. The summed E-state index contributed by atoms with van der Waals surface area (Å²) in [5, 5.41) is 0. The molecule has 0 N–H and O–H groups in total. The second-order valence-corrected chi connectivity index (χ2v) is 4.91. The number of ether oxygens (including phenoxy) is 2. The minimum absolute atomic E-state index is 0.0950. The lowest BCUT2D eigenvalue weighted by atomic mass is 10.0. The minimum Gasteiger partial charge on any atom is -0.489 e. The van der Waals surface area contributed by atoms with Gasteiger partial charge in [-0.05, 0) is 24.6 Å². The van der Waals surface area contributed by atoms with E-state index in [-0.39, 0.29) is 19.0 Å². The molecule has 4 nitrogen and oxygen atoms in total. The van der Waals surface area contributed by atoms with E-state index < -0.39 is 5.97 Å². The fourth-order valence-electron chi connectivity index (χ4n) is 2.03. The van der Waals surface area contributed by atoms with Gasteiger partial charge in [-0.3, -0.25) is 4.79 Å². The highest BCUT2D eigenvalue weighted by molar-refractivity contribution is 6.10. The second kappa shape index (κ2) is 7.94. The van der Waals surface area contributed by atoms with Gasteiger partial charge >= 0.3 is 5.97 Å². The van der Waals surface area contributed by atoms with Crippen molar-refractivity contribution in [3.05, 3.63) is 77.9 Å². The quantitative estimate of drug-likeness (QED) is 0.341. The molecule has 118 valence electrons. The SMILES string of the molecule is C=CC(=O)OCCOc1cc(C)ccc1C(=O)c1ccccc1. The second-order valence-electron chi connectivity index (χ2n) is 4.91. The molecule has 0 amide bonds. The van der Waals surface area contributed by atoms with Crippen LogP contribution >= 0.6 is 0 Å². The van der Waals surface area contributed by atoms with Crippen LogP contribution in [0.25, 0.3) is 0 Å². The summed E-state index contributed by atoms with van der Waals surface area (Å²) in [6.07, 6.45) is 1.09. The van der Waals surface area contributed by atoms with Gasteiger partial charge < -0.3 is 9.47 Å². The Balaban J connectivity index is 2.13. The van der Waals surface area contributed by atoms with Crippen LogP contribution in [0.1, 0.15) is 21.5 Å². The van der Waals surface area contributed by atoms with E-state index in [4.69, 9.17) is 9.47 Å². The van der Waals surface area contributed by atoms with E-state index in [0.717, 1.165) is 11.6 Å². The zero-order valence-electron chi connectivity index (χ0n) is 13.0. The molecule has 0 heterocycles. The first-order valence-electron chi connectivity index (χ1n) is 7.24. The topological polar surface area (TPSA) is 52.6 Å². The molecular formula is C19H18O4. The highest BCUT2D eigenvalue weighted by Gasteiger charge is 2.14. The highest BCUT2D eigenvalue weighted by Crippen LogP contribution is 2.23. The third-order valence-electron chi connectivity index (χ3n) is 3.17. The van der Waals surface area contributed by atoms with E-state index in [0.29, 0.717) is 16.9 Å². The van der Waals surface area contributed by atoms with Crippen molar-refractivity contribution in [1.82, 2.24) is 0 Å². The maximum Gasteiger partial charge on any atom is 0.330 e. The number of carbonyl (C=O) groups is 2. The molecule has 0 saturated heterocycles. The van der Waals surface area contributed by atoms with Gasteiger partial charge in [-0.25, -0.2) is 4.79 Å². The normalized spacial score (nSPS) is 9.96. The molecule has 0 aliphatic rings. The fourth-order valence-corrected chi connectivity index (χ4v) is 2.03. The number of carbonyl (C=O) groups excluding carboxylic acids is 2. The summed E-state index contributed by atoms with van der Waals surface area (Å²) < 4.78 is 10.5. The maximum absolute atomic E-state index is 12.6. The zero-order chi connectivity index (χ0) is 16.7. The van der Waals surface area contributed by atoms with Crippen LogP contribution in [0.15, 0.2) is 61.2 Å². The molecule has 2 aromatic rings. The average Bonchev–Trinajstić information content (AvgIpc) is 2.58. The number of esters is 1.